The van der Waals surface area contributed by atoms with E-state index in [9.17, 15) is 18.3 Å². The fourth-order valence-corrected chi connectivity index (χ4v) is 5.23. The Kier molecular flexibility index (Phi) is 6.52. The SMILES string of the molecule is O=c1[nH]c(O)c(/C=c2/cnn3c(=NC4CC4)cc(Nc4ccc(/C=C/CS(=O)(=O)c5ccccc5)cc4)nc23)[nH]1. The summed E-state index contributed by atoms with van der Waals surface area (Å²) in [6, 6.07) is 18.0. The molecule has 0 spiro atoms. The largest absolute Gasteiger partial charge is 0.493 e. The average Bonchev–Trinajstić information content (AvgIpc) is 3.58. The van der Waals surface area contributed by atoms with E-state index in [1.807, 2.05) is 30.3 Å². The number of H-pyrrole nitrogens is 2. The number of aromatic amines is 2. The van der Waals surface area contributed by atoms with E-state index in [2.05, 4.69) is 20.4 Å². The molecule has 0 aliphatic heterocycles. The van der Waals surface area contributed by atoms with E-state index >= 15 is 0 Å². The van der Waals surface area contributed by atoms with Gasteiger partial charge in [-0.15, -0.1) is 0 Å². The third-order valence-corrected chi connectivity index (χ3v) is 7.91. The Morgan fingerprint density at radius 1 is 1.10 bits per heavy atom. The van der Waals surface area contributed by atoms with Gasteiger partial charge in [0.2, 0.25) is 5.88 Å². The van der Waals surface area contributed by atoms with E-state index in [1.165, 1.54) is 0 Å². The molecule has 1 fully saturated rings. The predicted molar refractivity (Wildman–Crippen MR) is 151 cm³/mol. The van der Waals surface area contributed by atoms with Gasteiger partial charge in [0.05, 0.1) is 22.9 Å². The van der Waals surface area contributed by atoms with Crippen molar-refractivity contribution >= 4 is 39.1 Å². The van der Waals surface area contributed by atoms with Crippen molar-refractivity contribution in [3.05, 3.63) is 105 Å². The van der Waals surface area contributed by atoms with Crippen LogP contribution in [-0.4, -0.2) is 49.9 Å². The molecule has 1 aliphatic rings. The lowest BCUT2D eigenvalue weighted by Gasteiger charge is -2.07. The van der Waals surface area contributed by atoms with Crippen LogP contribution in [0.4, 0.5) is 11.5 Å². The lowest BCUT2D eigenvalue weighted by atomic mass is 10.2. The molecular weight excluding hydrogens is 530 g/mol. The van der Waals surface area contributed by atoms with Crippen molar-refractivity contribution in [1.82, 2.24) is 24.6 Å². The van der Waals surface area contributed by atoms with Gasteiger partial charge in [-0.05, 0) is 48.7 Å². The van der Waals surface area contributed by atoms with Crippen LogP contribution in [0.15, 0.2) is 87.6 Å². The molecule has 0 amide bonds. The third-order valence-electron chi connectivity index (χ3n) is 6.29. The molecule has 3 heterocycles. The van der Waals surface area contributed by atoms with Crippen LogP contribution in [0.3, 0.4) is 0 Å². The molecule has 2 aromatic carbocycles. The van der Waals surface area contributed by atoms with Gasteiger partial charge in [-0.1, -0.05) is 42.5 Å². The smallest absolute Gasteiger partial charge is 0.326 e. The van der Waals surface area contributed by atoms with Crippen LogP contribution in [0, 0.1) is 0 Å². The van der Waals surface area contributed by atoms with Gasteiger partial charge in [0.25, 0.3) is 0 Å². The van der Waals surface area contributed by atoms with Crippen LogP contribution in [0.5, 0.6) is 5.88 Å². The summed E-state index contributed by atoms with van der Waals surface area (Å²) in [6.45, 7) is 0. The van der Waals surface area contributed by atoms with Crippen molar-refractivity contribution in [3.8, 4) is 5.88 Å². The number of aromatic nitrogens is 5. The Bertz CT molecular complexity index is 2000. The first kappa shape index (κ1) is 25.3. The van der Waals surface area contributed by atoms with Crippen LogP contribution < -0.4 is 21.7 Å². The fraction of sp³-hybridized carbons (Fsp3) is 0.143. The van der Waals surface area contributed by atoms with Crippen molar-refractivity contribution in [2.24, 2.45) is 4.99 Å². The number of aromatic hydroxyl groups is 1. The monoisotopic (exact) mass is 555 g/mol. The van der Waals surface area contributed by atoms with Crippen molar-refractivity contribution in [1.29, 1.82) is 0 Å². The summed E-state index contributed by atoms with van der Waals surface area (Å²) in [5.74, 6) is 0.187. The van der Waals surface area contributed by atoms with E-state index in [0.717, 1.165) is 24.1 Å². The predicted octanol–water partition coefficient (Wildman–Crippen LogP) is 2.29. The third kappa shape index (κ3) is 5.57. The number of benzene rings is 2. The topological polar surface area (TPSA) is 158 Å². The highest BCUT2D eigenvalue weighted by Gasteiger charge is 2.20. The highest BCUT2D eigenvalue weighted by atomic mass is 32.2. The molecule has 202 valence electrons. The number of rotatable bonds is 8. The van der Waals surface area contributed by atoms with Gasteiger partial charge in [-0.2, -0.15) is 9.61 Å². The molecule has 6 rings (SSSR count). The minimum Gasteiger partial charge on any atom is -0.493 e. The molecule has 11 nitrogen and oxygen atoms in total. The number of hydrogen-bond acceptors (Lipinski definition) is 8. The minimum absolute atomic E-state index is 0.0899. The summed E-state index contributed by atoms with van der Waals surface area (Å²) in [6.07, 6.45) is 8.64. The summed E-state index contributed by atoms with van der Waals surface area (Å²) < 4.78 is 26.6. The Balaban J connectivity index is 1.26. The first-order valence-corrected chi connectivity index (χ1v) is 14.3. The molecule has 0 radical (unpaired) electrons. The van der Waals surface area contributed by atoms with Gasteiger partial charge in [-0.25, -0.2) is 18.2 Å². The molecule has 0 unspecified atom stereocenters. The maximum atomic E-state index is 12.5. The number of anilines is 2. The Labute approximate surface area is 228 Å². The second-order valence-corrected chi connectivity index (χ2v) is 11.5. The van der Waals surface area contributed by atoms with Crippen molar-refractivity contribution in [2.45, 2.75) is 23.8 Å². The normalized spacial score (nSPS) is 14.9. The van der Waals surface area contributed by atoms with Crippen LogP contribution >= 0.6 is 0 Å². The number of sulfone groups is 1. The first-order chi connectivity index (χ1) is 19.3. The summed E-state index contributed by atoms with van der Waals surface area (Å²) in [5.41, 5.74) is 2.48. The van der Waals surface area contributed by atoms with Crippen molar-refractivity contribution < 1.29 is 13.5 Å². The summed E-state index contributed by atoms with van der Waals surface area (Å²) >= 11 is 0. The highest BCUT2D eigenvalue weighted by Crippen LogP contribution is 2.23. The molecule has 3 aromatic heterocycles. The lowest BCUT2D eigenvalue weighted by Crippen LogP contribution is -2.19. The maximum absolute atomic E-state index is 12.5. The Morgan fingerprint density at radius 3 is 2.58 bits per heavy atom. The van der Waals surface area contributed by atoms with E-state index < -0.39 is 15.5 Å². The van der Waals surface area contributed by atoms with Gasteiger partial charge in [-0.3, -0.25) is 9.98 Å². The molecule has 4 N–H and O–H groups in total. The zero-order valence-corrected chi connectivity index (χ0v) is 22.0. The first-order valence-electron chi connectivity index (χ1n) is 12.6. The summed E-state index contributed by atoms with van der Waals surface area (Å²) in [5, 5.41) is 18.3. The number of imidazole rings is 1. The number of nitrogens with zero attached hydrogens (tertiary/aromatic N) is 4. The quantitative estimate of drug-likeness (QED) is 0.229. The van der Waals surface area contributed by atoms with Gasteiger partial charge >= 0.3 is 5.69 Å². The highest BCUT2D eigenvalue weighted by molar-refractivity contribution is 7.91. The average molecular weight is 556 g/mol. The Hall–Kier alpha value is -4.97. The molecule has 5 aromatic rings. The van der Waals surface area contributed by atoms with Crippen LogP contribution in [0.2, 0.25) is 0 Å². The summed E-state index contributed by atoms with van der Waals surface area (Å²) in [7, 11) is -3.38. The molecular formula is C28H25N7O4S. The van der Waals surface area contributed by atoms with Gasteiger partial charge in [0, 0.05) is 17.0 Å². The fourth-order valence-electron chi connectivity index (χ4n) is 4.12. The van der Waals surface area contributed by atoms with Crippen LogP contribution in [0.1, 0.15) is 24.1 Å². The van der Waals surface area contributed by atoms with E-state index in [-0.39, 0.29) is 23.4 Å². The minimum atomic E-state index is -3.38. The zero-order chi connectivity index (χ0) is 27.7. The number of hydrogen-bond donors (Lipinski definition) is 4. The number of nitrogens with one attached hydrogen (secondary N) is 3. The second-order valence-electron chi connectivity index (χ2n) is 9.42. The van der Waals surface area contributed by atoms with Gasteiger partial charge in [0.15, 0.2) is 21.0 Å². The zero-order valence-electron chi connectivity index (χ0n) is 21.2. The van der Waals surface area contributed by atoms with E-state index in [1.54, 1.807) is 59.3 Å². The van der Waals surface area contributed by atoms with Crippen LogP contribution in [-0.2, 0) is 9.84 Å². The maximum Gasteiger partial charge on any atom is 0.326 e. The summed E-state index contributed by atoms with van der Waals surface area (Å²) in [4.78, 5) is 26.1. The molecule has 40 heavy (non-hydrogen) atoms. The standard InChI is InChI=1S/C28H25N7O4S/c36-27-23(32-28(37)34-27)15-19-17-29-35-25(31-21-12-13-21)16-24(33-26(19)35)30-20-10-8-18(9-11-20)5-4-14-40(38,39)22-6-2-1-3-7-22/h1-11,15-17,21,30,36H,12-14H2,(H2,32,34,37)/b5-4+,19-15-,31-25?. The number of fused-ring (bicyclic) bond motifs is 1. The Morgan fingerprint density at radius 2 is 1.88 bits per heavy atom. The van der Waals surface area contributed by atoms with E-state index in [0.29, 0.717) is 27.1 Å². The molecule has 1 saturated carbocycles. The van der Waals surface area contributed by atoms with Crippen molar-refractivity contribution in [3.63, 3.8) is 0 Å². The van der Waals surface area contributed by atoms with Crippen LogP contribution in [0.25, 0.3) is 17.8 Å². The molecule has 0 bridgehead atoms. The van der Waals surface area contributed by atoms with Crippen molar-refractivity contribution in [2.75, 3.05) is 11.1 Å². The van der Waals surface area contributed by atoms with Gasteiger partial charge < -0.3 is 15.4 Å². The molecule has 12 heteroatoms. The molecule has 1 aliphatic carbocycles. The van der Waals surface area contributed by atoms with E-state index in [4.69, 9.17) is 9.98 Å². The molecule has 0 saturated heterocycles. The van der Waals surface area contributed by atoms with Gasteiger partial charge in [0.1, 0.15) is 11.5 Å². The lowest BCUT2D eigenvalue weighted by molar-refractivity contribution is 0.454. The second kappa shape index (κ2) is 10.3. The molecule has 0 atom stereocenters.